The van der Waals surface area contributed by atoms with Crippen molar-refractivity contribution in [3.8, 4) is 11.3 Å². The number of carbonyl (C=O) groups is 1. The molecule has 0 radical (unpaired) electrons. The van der Waals surface area contributed by atoms with Gasteiger partial charge < -0.3 is 5.11 Å². The highest BCUT2D eigenvalue weighted by molar-refractivity contribution is 6.32. The van der Waals surface area contributed by atoms with Crippen molar-refractivity contribution < 1.29 is 9.90 Å². The van der Waals surface area contributed by atoms with E-state index in [0.717, 1.165) is 12.0 Å². The number of aromatic nitrogens is 1. The van der Waals surface area contributed by atoms with E-state index in [-0.39, 0.29) is 10.7 Å². The Morgan fingerprint density at radius 3 is 2.39 bits per heavy atom. The molecule has 0 atom stereocenters. The summed E-state index contributed by atoms with van der Waals surface area (Å²) in [5.41, 5.74) is 2.86. The molecular weight excluding hydrogens is 250 g/mol. The number of carboxylic acid groups (broad SMARTS) is 1. The highest BCUT2D eigenvalue weighted by Crippen LogP contribution is 2.22. The Bertz CT molecular complexity index is 579. The fraction of sp³-hybridized carbons (Fsp3) is 0.143. The number of hydrogen-bond donors (Lipinski definition) is 1. The van der Waals surface area contributed by atoms with E-state index >= 15 is 0 Å². The Hall–Kier alpha value is -1.87. The van der Waals surface area contributed by atoms with Crippen LogP contribution in [0.5, 0.6) is 0 Å². The first-order valence-corrected chi connectivity index (χ1v) is 5.98. The van der Waals surface area contributed by atoms with Crippen molar-refractivity contribution in [3.05, 3.63) is 52.7 Å². The lowest BCUT2D eigenvalue weighted by Gasteiger charge is -2.04. The molecule has 1 heterocycles. The molecule has 0 saturated heterocycles. The average Bonchev–Trinajstić information content (AvgIpc) is 2.38. The summed E-state index contributed by atoms with van der Waals surface area (Å²) in [5.74, 6) is -1.07. The lowest BCUT2D eigenvalue weighted by molar-refractivity contribution is 0.0696. The van der Waals surface area contributed by atoms with Crippen molar-refractivity contribution in [2.45, 2.75) is 13.3 Å². The SMILES string of the molecule is CCc1ccc(-c2ccc(C(=O)O)c(Cl)n2)cc1. The van der Waals surface area contributed by atoms with Crippen LogP contribution in [0.3, 0.4) is 0 Å². The lowest BCUT2D eigenvalue weighted by Crippen LogP contribution is -1.99. The molecular formula is C14H12ClNO2. The van der Waals surface area contributed by atoms with E-state index in [1.807, 2.05) is 24.3 Å². The second-order valence-electron chi connectivity index (χ2n) is 3.89. The molecule has 2 aromatic rings. The molecule has 1 aromatic carbocycles. The van der Waals surface area contributed by atoms with Gasteiger partial charge in [-0.05, 0) is 24.1 Å². The van der Waals surface area contributed by atoms with E-state index < -0.39 is 5.97 Å². The fourth-order valence-corrected chi connectivity index (χ4v) is 1.90. The molecule has 1 aromatic heterocycles. The second kappa shape index (κ2) is 5.19. The minimum Gasteiger partial charge on any atom is -0.478 e. The van der Waals surface area contributed by atoms with Gasteiger partial charge in [0.25, 0.3) is 0 Å². The third-order valence-electron chi connectivity index (χ3n) is 2.74. The predicted octanol–water partition coefficient (Wildman–Crippen LogP) is 3.66. The first-order valence-electron chi connectivity index (χ1n) is 5.61. The summed E-state index contributed by atoms with van der Waals surface area (Å²) < 4.78 is 0. The van der Waals surface area contributed by atoms with E-state index in [4.69, 9.17) is 16.7 Å². The molecule has 0 amide bonds. The second-order valence-corrected chi connectivity index (χ2v) is 4.25. The van der Waals surface area contributed by atoms with Gasteiger partial charge in [0.1, 0.15) is 5.15 Å². The van der Waals surface area contributed by atoms with Crippen molar-refractivity contribution in [1.29, 1.82) is 0 Å². The summed E-state index contributed by atoms with van der Waals surface area (Å²) in [4.78, 5) is 14.9. The summed E-state index contributed by atoms with van der Waals surface area (Å²) in [6.07, 6.45) is 0.979. The molecule has 0 bridgehead atoms. The van der Waals surface area contributed by atoms with E-state index in [9.17, 15) is 4.79 Å². The zero-order valence-electron chi connectivity index (χ0n) is 9.85. The Labute approximate surface area is 110 Å². The highest BCUT2D eigenvalue weighted by Gasteiger charge is 2.11. The van der Waals surface area contributed by atoms with E-state index in [0.29, 0.717) is 5.69 Å². The Balaban J connectivity index is 2.39. The van der Waals surface area contributed by atoms with Crippen molar-refractivity contribution in [3.63, 3.8) is 0 Å². The Morgan fingerprint density at radius 1 is 1.22 bits per heavy atom. The van der Waals surface area contributed by atoms with Gasteiger partial charge in [0.05, 0.1) is 11.3 Å². The van der Waals surface area contributed by atoms with Gasteiger partial charge in [-0.25, -0.2) is 9.78 Å². The van der Waals surface area contributed by atoms with Gasteiger partial charge in [-0.15, -0.1) is 0 Å². The maximum Gasteiger partial charge on any atom is 0.338 e. The summed E-state index contributed by atoms with van der Waals surface area (Å²) >= 11 is 5.84. The van der Waals surface area contributed by atoms with Crippen LogP contribution in [0.2, 0.25) is 5.15 Å². The monoisotopic (exact) mass is 261 g/mol. The molecule has 0 spiro atoms. The van der Waals surface area contributed by atoms with Gasteiger partial charge in [0.15, 0.2) is 0 Å². The number of nitrogens with zero attached hydrogens (tertiary/aromatic N) is 1. The molecule has 4 heteroatoms. The van der Waals surface area contributed by atoms with Gasteiger partial charge >= 0.3 is 5.97 Å². The third kappa shape index (κ3) is 2.51. The number of hydrogen-bond acceptors (Lipinski definition) is 2. The van der Waals surface area contributed by atoms with Crippen molar-refractivity contribution in [1.82, 2.24) is 4.98 Å². The Kier molecular flexibility index (Phi) is 3.63. The number of carboxylic acids is 1. The van der Waals surface area contributed by atoms with Crippen molar-refractivity contribution in [2.75, 3.05) is 0 Å². The van der Waals surface area contributed by atoms with Crippen LogP contribution in [-0.2, 0) is 6.42 Å². The molecule has 0 saturated carbocycles. The minimum atomic E-state index is -1.07. The van der Waals surface area contributed by atoms with Crippen molar-refractivity contribution >= 4 is 17.6 Å². The molecule has 1 N–H and O–H groups in total. The quantitative estimate of drug-likeness (QED) is 0.858. The van der Waals surface area contributed by atoms with Crippen LogP contribution >= 0.6 is 11.6 Å². The standard InChI is InChI=1S/C14H12ClNO2/c1-2-9-3-5-10(6-4-9)12-8-7-11(14(17)18)13(15)16-12/h3-8H,2H2,1H3,(H,17,18). The van der Waals surface area contributed by atoms with Crippen LogP contribution in [0.4, 0.5) is 0 Å². The summed E-state index contributed by atoms with van der Waals surface area (Å²) in [6.45, 7) is 2.09. The van der Waals surface area contributed by atoms with Crippen LogP contribution in [0.15, 0.2) is 36.4 Å². The number of benzene rings is 1. The molecule has 3 nitrogen and oxygen atoms in total. The smallest absolute Gasteiger partial charge is 0.338 e. The summed E-state index contributed by atoms with van der Waals surface area (Å²) in [6, 6.07) is 11.1. The molecule has 0 fully saturated rings. The van der Waals surface area contributed by atoms with Crippen LogP contribution in [0.1, 0.15) is 22.8 Å². The van der Waals surface area contributed by atoms with E-state index in [1.165, 1.54) is 11.6 Å². The molecule has 0 aliphatic carbocycles. The van der Waals surface area contributed by atoms with Crippen LogP contribution < -0.4 is 0 Å². The first-order chi connectivity index (χ1) is 8.61. The molecule has 2 rings (SSSR count). The van der Waals surface area contributed by atoms with Gasteiger partial charge in [-0.2, -0.15) is 0 Å². The molecule has 0 aliphatic rings. The lowest BCUT2D eigenvalue weighted by atomic mass is 10.1. The molecule has 0 aliphatic heterocycles. The summed E-state index contributed by atoms with van der Waals surface area (Å²) in [5, 5.41) is 8.88. The van der Waals surface area contributed by atoms with E-state index in [1.54, 1.807) is 6.07 Å². The van der Waals surface area contributed by atoms with Crippen LogP contribution in [-0.4, -0.2) is 16.1 Å². The molecule has 0 unspecified atom stereocenters. The molecule has 18 heavy (non-hydrogen) atoms. The van der Waals surface area contributed by atoms with Crippen LogP contribution in [0.25, 0.3) is 11.3 Å². The Morgan fingerprint density at radius 2 is 1.89 bits per heavy atom. The predicted molar refractivity (Wildman–Crippen MR) is 71.0 cm³/mol. The average molecular weight is 262 g/mol. The zero-order chi connectivity index (χ0) is 13.1. The molecule has 92 valence electrons. The number of rotatable bonds is 3. The number of aromatic carboxylic acids is 1. The highest BCUT2D eigenvalue weighted by atomic mass is 35.5. The van der Waals surface area contributed by atoms with Gasteiger partial charge in [-0.1, -0.05) is 42.8 Å². The number of halogens is 1. The van der Waals surface area contributed by atoms with E-state index in [2.05, 4.69) is 11.9 Å². The normalized spacial score (nSPS) is 10.3. The zero-order valence-corrected chi connectivity index (χ0v) is 10.6. The maximum absolute atomic E-state index is 10.8. The number of pyridine rings is 1. The van der Waals surface area contributed by atoms with Crippen molar-refractivity contribution in [2.24, 2.45) is 0 Å². The minimum absolute atomic E-state index is 0.0135. The fourth-order valence-electron chi connectivity index (χ4n) is 1.67. The largest absolute Gasteiger partial charge is 0.478 e. The van der Waals surface area contributed by atoms with Crippen LogP contribution in [0, 0.1) is 0 Å². The topological polar surface area (TPSA) is 50.2 Å². The first kappa shape index (κ1) is 12.6. The maximum atomic E-state index is 10.8. The van der Waals surface area contributed by atoms with Gasteiger partial charge in [0.2, 0.25) is 0 Å². The number of aryl methyl sites for hydroxylation is 1. The van der Waals surface area contributed by atoms with Gasteiger partial charge in [0, 0.05) is 5.56 Å². The van der Waals surface area contributed by atoms with Gasteiger partial charge in [-0.3, -0.25) is 0 Å². The summed E-state index contributed by atoms with van der Waals surface area (Å²) in [7, 11) is 0. The third-order valence-corrected chi connectivity index (χ3v) is 3.03.